The molecule has 0 fully saturated rings. The molecule has 0 aliphatic carbocycles. The van der Waals surface area contributed by atoms with E-state index < -0.39 is 0 Å². The number of carbonyl (C=O) groups excluding carboxylic acids is 2. The molecule has 0 amide bonds. The zero-order chi connectivity index (χ0) is 30.7. The number of ether oxygens (including phenoxy) is 2. The lowest BCUT2D eigenvalue weighted by molar-refractivity contribution is -0.00154. The van der Waals surface area contributed by atoms with Crippen LogP contribution in [0.2, 0.25) is 0 Å². The molecule has 0 heterocycles. The van der Waals surface area contributed by atoms with Crippen LogP contribution >= 0.6 is 0 Å². The van der Waals surface area contributed by atoms with Gasteiger partial charge in [0.1, 0.15) is 6.10 Å². The third kappa shape index (κ3) is 11.4. The van der Waals surface area contributed by atoms with Gasteiger partial charge in [0.2, 0.25) is 0 Å². The SMILES string of the molecule is CCC(O)C(C)CO.CCC(OC(=O)c1ccc(C(C)(C)C)cc1)C(C)COC(=O)c1ccc(C(C)(C)C)cc1. The Hall–Kier alpha value is -2.70. The molecule has 2 rings (SSSR count). The minimum absolute atomic E-state index is 0.0276. The van der Waals surface area contributed by atoms with Crippen LogP contribution in [0.4, 0.5) is 0 Å². The smallest absolute Gasteiger partial charge is 0.338 e. The van der Waals surface area contributed by atoms with Crippen molar-refractivity contribution in [1.29, 1.82) is 0 Å². The van der Waals surface area contributed by atoms with Gasteiger partial charge in [-0.25, -0.2) is 9.59 Å². The number of hydrogen-bond acceptors (Lipinski definition) is 6. The van der Waals surface area contributed by atoms with E-state index in [4.69, 9.17) is 19.7 Å². The summed E-state index contributed by atoms with van der Waals surface area (Å²) < 4.78 is 11.2. The van der Waals surface area contributed by atoms with Crippen LogP contribution in [-0.4, -0.2) is 47.6 Å². The minimum atomic E-state index is -0.365. The molecule has 2 N–H and O–H groups in total. The average Bonchev–Trinajstić information content (AvgIpc) is 2.92. The summed E-state index contributed by atoms with van der Waals surface area (Å²) in [6.07, 6.45) is 0.702. The number of benzene rings is 2. The monoisotopic (exact) mass is 556 g/mol. The highest BCUT2D eigenvalue weighted by Crippen LogP contribution is 2.24. The van der Waals surface area contributed by atoms with Crippen LogP contribution in [0.3, 0.4) is 0 Å². The van der Waals surface area contributed by atoms with Gasteiger partial charge < -0.3 is 19.7 Å². The molecule has 0 saturated carbocycles. The molecule has 0 saturated heterocycles. The predicted octanol–water partition coefficient (Wildman–Crippen LogP) is 7.10. The second kappa shape index (κ2) is 15.9. The summed E-state index contributed by atoms with van der Waals surface area (Å²) in [5.41, 5.74) is 3.43. The Balaban J connectivity index is 0.000000869. The van der Waals surface area contributed by atoms with Gasteiger partial charge in [-0.05, 0) is 59.1 Å². The van der Waals surface area contributed by atoms with Crippen molar-refractivity contribution in [3.63, 3.8) is 0 Å². The molecule has 0 aliphatic heterocycles. The van der Waals surface area contributed by atoms with E-state index in [0.717, 1.165) is 17.5 Å². The number of carbonyl (C=O) groups is 2. The van der Waals surface area contributed by atoms with Crippen molar-refractivity contribution in [3.05, 3.63) is 70.8 Å². The Morgan fingerprint density at radius 3 is 1.48 bits per heavy atom. The van der Waals surface area contributed by atoms with E-state index in [1.54, 1.807) is 12.1 Å². The standard InChI is InChI=1S/C28H38O4.C6H14O2/c1-9-24(32-26(30)21-12-16-23(17-13-21)28(6,7)8)19(2)18-31-25(29)20-10-14-22(15-11-20)27(3,4)5;1-3-6(8)5(2)4-7/h10-17,19,24H,9,18H2,1-8H3;5-8H,3-4H2,1-2H3. The van der Waals surface area contributed by atoms with E-state index >= 15 is 0 Å². The van der Waals surface area contributed by atoms with Crippen molar-refractivity contribution in [2.24, 2.45) is 11.8 Å². The molecule has 224 valence electrons. The van der Waals surface area contributed by atoms with Crippen LogP contribution in [0.25, 0.3) is 0 Å². The molecule has 40 heavy (non-hydrogen) atoms. The summed E-state index contributed by atoms with van der Waals surface area (Å²) in [5, 5.41) is 17.4. The first kappa shape index (κ1) is 35.3. The van der Waals surface area contributed by atoms with E-state index in [-0.39, 0.29) is 60.0 Å². The van der Waals surface area contributed by atoms with Crippen LogP contribution in [0.15, 0.2) is 48.5 Å². The number of aliphatic hydroxyl groups excluding tert-OH is 2. The zero-order valence-electron chi connectivity index (χ0n) is 26.3. The summed E-state index contributed by atoms with van der Waals surface area (Å²) in [7, 11) is 0. The lowest BCUT2D eigenvalue weighted by Gasteiger charge is -2.23. The van der Waals surface area contributed by atoms with E-state index in [1.807, 2.05) is 64.1 Å². The van der Waals surface area contributed by atoms with Crippen molar-refractivity contribution in [1.82, 2.24) is 0 Å². The van der Waals surface area contributed by atoms with Crippen molar-refractivity contribution in [2.45, 2.75) is 105 Å². The van der Waals surface area contributed by atoms with Gasteiger partial charge in [-0.1, -0.05) is 93.5 Å². The molecular weight excluding hydrogens is 504 g/mol. The van der Waals surface area contributed by atoms with Crippen molar-refractivity contribution < 1.29 is 29.3 Å². The first-order chi connectivity index (χ1) is 18.5. The lowest BCUT2D eigenvalue weighted by Crippen LogP contribution is -2.28. The largest absolute Gasteiger partial charge is 0.462 e. The first-order valence-corrected chi connectivity index (χ1v) is 14.4. The Kier molecular flexibility index (Phi) is 14.1. The van der Waals surface area contributed by atoms with Gasteiger partial charge in [0.05, 0.1) is 23.8 Å². The Morgan fingerprint density at radius 1 is 0.725 bits per heavy atom. The average molecular weight is 557 g/mol. The normalized spacial score (nSPS) is 14.7. The second-order valence-electron chi connectivity index (χ2n) is 12.7. The van der Waals surface area contributed by atoms with Crippen LogP contribution in [0.5, 0.6) is 0 Å². The van der Waals surface area contributed by atoms with Gasteiger partial charge in [-0.3, -0.25) is 0 Å². The summed E-state index contributed by atoms with van der Waals surface area (Å²) in [6.45, 7) is 20.7. The van der Waals surface area contributed by atoms with E-state index in [9.17, 15) is 9.59 Å². The number of rotatable bonds is 10. The number of aliphatic hydroxyl groups is 2. The molecule has 4 atom stereocenters. The topological polar surface area (TPSA) is 93.1 Å². The molecule has 6 heteroatoms. The Bertz CT molecular complexity index is 1020. The van der Waals surface area contributed by atoms with Gasteiger partial charge in [-0.15, -0.1) is 0 Å². The van der Waals surface area contributed by atoms with E-state index in [0.29, 0.717) is 17.5 Å². The third-order valence-corrected chi connectivity index (χ3v) is 7.11. The van der Waals surface area contributed by atoms with Crippen LogP contribution in [0.1, 0.15) is 114 Å². The highest BCUT2D eigenvalue weighted by atomic mass is 16.6. The molecule has 2 aromatic carbocycles. The highest BCUT2D eigenvalue weighted by molar-refractivity contribution is 5.90. The van der Waals surface area contributed by atoms with Gasteiger partial charge in [0.15, 0.2) is 0 Å². The fourth-order valence-corrected chi connectivity index (χ4v) is 3.94. The fourth-order valence-electron chi connectivity index (χ4n) is 3.94. The van der Waals surface area contributed by atoms with Crippen molar-refractivity contribution >= 4 is 11.9 Å². The second-order valence-corrected chi connectivity index (χ2v) is 12.7. The molecule has 0 aromatic heterocycles. The zero-order valence-corrected chi connectivity index (χ0v) is 26.3. The Morgan fingerprint density at radius 2 is 1.15 bits per heavy atom. The minimum Gasteiger partial charge on any atom is -0.462 e. The van der Waals surface area contributed by atoms with Gasteiger partial charge in [0.25, 0.3) is 0 Å². The maximum absolute atomic E-state index is 12.6. The Labute approximate surface area is 242 Å². The molecule has 0 bridgehead atoms. The predicted molar refractivity (Wildman–Crippen MR) is 162 cm³/mol. The summed E-state index contributed by atoms with van der Waals surface area (Å²) in [5.74, 6) is -0.805. The number of esters is 2. The van der Waals surface area contributed by atoms with E-state index in [2.05, 4.69) is 41.5 Å². The molecular formula is C34H52O6. The maximum Gasteiger partial charge on any atom is 0.338 e. The van der Waals surface area contributed by atoms with Crippen LogP contribution in [0, 0.1) is 11.8 Å². The quantitative estimate of drug-likeness (QED) is 0.303. The van der Waals surface area contributed by atoms with Crippen LogP contribution < -0.4 is 0 Å². The van der Waals surface area contributed by atoms with Crippen molar-refractivity contribution in [3.8, 4) is 0 Å². The molecule has 0 radical (unpaired) electrons. The lowest BCUT2D eigenvalue weighted by atomic mass is 9.87. The molecule has 2 aromatic rings. The van der Waals surface area contributed by atoms with E-state index in [1.165, 1.54) is 0 Å². The maximum atomic E-state index is 12.6. The highest BCUT2D eigenvalue weighted by Gasteiger charge is 2.23. The molecule has 6 nitrogen and oxygen atoms in total. The summed E-state index contributed by atoms with van der Waals surface area (Å²) in [4.78, 5) is 25.1. The first-order valence-electron chi connectivity index (χ1n) is 14.4. The molecule has 0 spiro atoms. The van der Waals surface area contributed by atoms with Crippen molar-refractivity contribution in [2.75, 3.05) is 13.2 Å². The third-order valence-electron chi connectivity index (χ3n) is 7.11. The summed E-state index contributed by atoms with van der Waals surface area (Å²) >= 11 is 0. The number of hydrogen-bond donors (Lipinski definition) is 2. The van der Waals surface area contributed by atoms with Gasteiger partial charge in [-0.2, -0.15) is 0 Å². The summed E-state index contributed by atoms with van der Waals surface area (Å²) in [6, 6.07) is 15.1. The molecule has 4 unspecified atom stereocenters. The van der Waals surface area contributed by atoms with Crippen LogP contribution in [-0.2, 0) is 20.3 Å². The van der Waals surface area contributed by atoms with Gasteiger partial charge >= 0.3 is 11.9 Å². The molecule has 0 aliphatic rings. The fraction of sp³-hybridized carbons (Fsp3) is 0.588. The van der Waals surface area contributed by atoms with Gasteiger partial charge in [0, 0.05) is 18.4 Å².